The van der Waals surface area contributed by atoms with Crippen molar-refractivity contribution in [2.45, 2.75) is 39.2 Å². The van der Waals surface area contributed by atoms with Gasteiger partial charge in [0.1, 0.15) is 0 Å². The predicted octanol–water partition coefficient (Wildman–Crippen LogP) is 2.26. The molecule has 3 N–H and O–H groups in total. The number of amides is 2. The predicted molar refractivity (Wildman–Crippen MR) is 86.1 cm³/mol. The summed E-state index contributed by atoms with van der Waals surface area (Å²) in [5.74, 6) is -2.75. The number of rotatable bonds is 4. The molecular formula is C17H22N2O4. The van der Waals surface area contributed by atoms with Crippen LogP contribution in [0.4, 0.5) is 5.69 Å². The highest BCUT2D eigenvalue weighted by Crippen LogP contribution is 2.35. The van der Waals surface area contributed by atoms with Crippen molar-refractivity contribution in [2.75, 3.05) is 5.32 Å². The maximum absolute atomic E-state index is 12.3. The molecule has 0 saturated heterocycles. The number of hydrogen-bond donors (Lipinski definition) is 3. The van der Waals surface area contributed by atoms with Crippen LogP contribution in [0.5, 0.6) is 0 Å². The zero-order valence-electron chi connectivity index (χ0n) is 13.6. The van der Waals surface area contributed by atoms with Crippen LogP contribution >= 0.6 is 0 Å². The van der Waals surface area contributed by atoms with Gasteiger partial charge < -0.3 is 15.7 Å². The molecular weight excluding hydrogens is 296 g/mol. The van der Waals surface area contributed by atoms with E-state index < -0.39 is 23.3 Å². The molecule has 1 aliphatic rings. The zero-order chi connectivity index (χ0) is 17.2. The van der Waals surface area contributed by atoms with Gasteiger partial charge in [0, 0.05) is 5.54 Å². The van der Waals surface area contributed by atoms with Gasteiger partial charge in [0.25, 0.3) is 5.91 Å². The standard InChI is InChI=1S/C17H22N2O4/c1-17(2,3)19-15(21)12-6-4-5-7-13(12)18-14(20)10-8-9-11(10)16(22)23/h4-7,10-11H,8-9H2,1-3H3,(H,18,20)(H,19,21)(H,22,23). The van der Waals surface area contributed by atoms with Crippen LogP contribution in [0.15, 0.2) is 24.3 Å². The monoisotopic (exact) mass is 318 g/mol. The number of para-hydroxylation sites is 1. The summed E-state index contributed by atoms with van der Waals surface area (Å²) in [4.78, 5) is 35.6. The number of nitrogens with one attached hydrogen (secondary N) is 2. The topological polar surface area (TPSA) is 95.5 Å². The van der Waals surface area contributed by atoms with Gasteiger partial charge in [-0.3, -0.25) is 14.4 Å². The first-order valence-corrected chi connectivity index (χ1v) is 7.64. The molecule has 124 valence electrons. The highest BCUT2D eigenvalue weighted by atomic mass is 16.4. The Morgan fingerprint density at radius 1 is 1.09 bits per heavy atom. The summed E-state index contributed by atoms with van der Waals surface area (Å²) in [6, 6.07) is 6.71. The lowest BCUT2D eigenvalue weighted by Crippen LogP contribution is -2.42. The molecule has 0 heterocycles. The highest BCUT2D eigenvalue weighted by Gasteiger charge is 2.41. The molecule has 23 heavy (non-hydrogen) atoms. The van der Waals surface area contributed by atoms with E-state index >= 15 is 0 Å². The molecule has 2 atom stereocenters. The second kappa shape index (κ2) is 6.40. The first-order valence-electron chi connectivity index (χ1n) is 7.64. The third-order valence-electron chi connectivity index (χ3n) is 3.85. The molecule has 2 unspecified atom stereocenters. The van der Waals surface area contributed by atoms with E-state index in [1.54, 1.807) is 24.3 Å². The molecule has 2 amide bonds. The minimum Gasteiger partial charge on any atom is -0.481 e. The lowest BCUT2D eigenvalue weighted by molar-refractivity contribution is -0.151. The van der Waals surface area contributed by atoms with Crippen LogP contribution in [0.2, 0.25) is 0 Å². The summed E-state index contributed by atoms with van der Waals surface area (Å²) < 4.78 is 0. The average molecular weight is 318 g/mol. The van der Waals surface area contributed by atoms with Crippen LogP contribution in [-0.2, 0) is 9.59 Å². The normalized spacial score (nSPS) is 20.3. The van der Waals surface area contributed by atoms with Crippen molar-refractivity contribution < 1.29 is 19.5 Å². The Hall–Kier alpha value is -2.37. The lowest BCUT2D eigenvalue weighted by Gasteiger charge is -2.32. The Labute approximate surface area is 135 Å². The third-order valence-corrected chi connectivity index (χ3v) is 3.85. The Morgan fingerprint density at radius 2 is 1.70 bits per heavy atom. The van der Waals surface area contributed by atoms with Crippen molar-refractivity contribution in [1.82, 2.24) is 5.32 Å². The largest absolute Gasteiger partial charge is 0.481 e. The summed E-state index contributed by atoms with van der Waals surface area (Å²) >= 11 is 0. The van der Waals surface area contributed by atoms with Crippen LogP contribution in [0, 0.1) is 11.8 Å². The van der Waals surface area contributed by atoms with Crippen molar-refractivity contribution in [1.29, 1.82) is 0 Å². The van der Waals surface area contributed by atoms with Crippen LogP contribution in [0.1, 0.15) is 44.0 Å². The number of anilines is 1. The molecule has 0 aromatic heterocycles. The van der Waals surface area contributed by atoms with Crippen LogP contribution in [-0.4, -0.2) is 28.4 Å². The van der Waals surface area contributed by atoms with Crippen molar-refractivity contribution >= 4 is 23.5 Å². The van der Waals surface area contributed by atoms with E-state index in [1.165, 1.54) is 0 Å². The molecule has 0 spiro atoms. The van der Waals surface area contributed by atoms with Gasteiger partial charge in [0.2, 0.25) is 5.91 Å². The summed E-state index contributed by atoms with van der Waals surface area (Å²) in [6.45, 7) is 5.62. The highest BCUT2D eigenvalue weighted by molar-refractivity contribution is 6.05. The molecule has 0 aliphatic heterocycles. The van der Waals surface area contributed by atoms with Crippen molar-refractivity contribution in [2.24, 2.45) is 11.8 Å². The molecule has 6 nitrogen and oxygen atoms in total. The molecule has 1 fully saturated rings. The molecule has 6 heteroatoms. The van der Waals surface area contributed by atoms with E-state index in [0.29, 0.717) is 24.1 Å². The number of carboxylic acid groups (broad SMARTS) is 1. The van der Waals surface area contributed by atoms with E-state index in [2.05, 4.69) is 10.6 Å². The fourth-order valence-corrected chi connectivity index (χ4v) is 2.53. The summed E-state index contributed by atoms with van der Waals surface area (Å²) in [7, 11) is 0. The quantitative estimate of drug-likeness (QED) is 0.793. The fourth-order valence-electron chi connectivity index (χ4n) is 2.53. The second-order valence-electron chi connectivity index (χ2n) is 6.87. The van der Waals surface area contributed by atoms with E-state index in [9.17, 15) is 14.4 Å². The maximum atomic E-state index is 12.3. The number of carboxylic acids is 1. The van der Waals surface area contributed by atoms with Gasteiger partial charge in [0.15, 0.2) is 0 Å². The van der Waals surface area contributed by atoms with E-state index in [0.717, 1.165) is 0 Å². The summed E-state index contributed by atoms with van der Waals surface area (Å²) in [6.07, 6.45) is 1.07. The van der Waals surface area contributed by atoms with Crippen LogP contribution in [0.25, 0.3) is 0 Å². The van der Waals surface area contributed by atoms with Crippen LogP contribution < -0.4 is 10.6 Å². The minimum absolute atomic E-state index is 0.281. The van der Waals surface area contributed by atoms with Gasteiger partial charge in [0.05, 0.1) is 23.1 Å². The number of aliphatic carboxylic acids is 1. The first-order chi connectivity index (χ1) is 10.7. The SMILES string of the molecule is CC(C)(C)NC(=O)c1ccccc1NC(=O)C1CCC1C(=O)O. The second-order valence-corrected chi connectivity index (χ2v) is 6.87. The fraction of sp³-hybridized carbons (Fsp3) is 0.471. The third kappa shape index (κ3) is 4.09. The first kappa shape index (κ1) is 17.0. The zero-order valence-corrected chi connectivity index (χ0v) is 13.6. The molecule has 1 saturated carbocycles. The van der Waals surface area contributed by atoms with Crippen LogP contribution in [0.3, 0.4) is 0 Å². The Bertz CT molecular complexity index is 634. The smallest absolute Gasteiger partial charge is 0.307 e. The molecule has 1 aromatic rings. The number of hydrogen-bond acceptors (Lipinski definition) is 3. The van der Waals surface area contributed by atoms with E-state index in [4.69, 9.17) is 5.11 Å². The van der Waals surface area contributed by atoms with Gasteiger partial charge in [-0.15, -0.1) is 0 Å². The minimum atomic E-state index is -0.949. The van der Waals surface area contributed by atoms with E-state index in [-0.39, 0.29) is 11.8 Å². The number of benzene rings is 1. The van der Waals surface area contributed by atoms with Gasteiger partial charge in [-0.05, 0) is 45.7 Å². The van der Waals surface area contributed by atoms with Crippen molar-refractivity contribution in [3.8, 4) is 0 Å². The lowest BCUT2D eigenvalue weighted by atomic mass is 9.73. The van der Waals surface area contributed by atoms with Gasteiger partial charge >= 0.3 is 5.97 Å². The average Bonchev–Trinajstić information content (AvgIpc) is 2.34. The van der Waals surface area contributed by atoms with Crippen molar-refractivity contribution in [3.63, 3.8) is 0 Å². The molecule has 1 aromatic carbocycles. The molecule has 0 radical (unpaired) electrons. The Morgan fingerprint density at radius 3 is 2.22 bits per heavy atom. The molecule has 1 aliphatic carbocycles. The van der Waals surface area contributed by atoms with Crippen molar-refractivity contribution in [3.05, 3.63) is 29.8 Å². The summed E-state index contributed by atoms with van der Waals surface area (Å²) in [5.41, 5.74) is 0.369. The number of carbonyl (C=O) groups is 3. The van der Waals surface area contributed by atoms with Gasteiger partial charge in [-0.25, -0.2) is 0 Å². The maximum Gasteiger partial charge on any atom is 0.307 e. The Balaban J connectivity index is 2.13. The van der Waals surface area contributed by atoms with Gasteiger partial charge in [-0.1, -0.05) is 12.1 Å². The molecule has 2 rings (SSSR count). The van der Waals surface area contributed by atoms with Gasteiger partial charge in [-0.2, -0.15) is 0 Å². The summed E-state index contributed by atoms with van der Waals surface area (Å²) in [5, 5.41) is 14.6. The Kier molecular flexibility index (Phi) is 4.73. The van der Waals surface area contributed by atoms with E-state index in [1.807, 2.05) is 20.8 Å². The molecule has 0 bridgehead atoms. The number of carbonyl (C=O) groups excluding carboxylic acids is 2.